The zero-order chi connectivity index (χ0) is 12.5. The summed E-state index contributed by atoms with van der Waals surface area (Å²) in [6, 6.07) is 14.0. The van der Waals surface area contributed by atoms with E-state index in [2.05, 4.69) is 22.5 Å². The van der Waals surface area contributed by atoms with Crippen molar-refractivity contribution < 1.29 is 9.47 Å². The van der Waals surface area contributed by atoms with Crippen LogP contribution in [0.5, 0.6) is 11.5 Å². The van der Waals surface area contributed by atoms with Crippen molar-refractivity contribution in [2.45, 2.75) is 0 Å². The molecular weight excluding hydrogens is 292 g/mol. The van der Waals surface area contributed by atoms with Crippen LogP contribution in [0.15, 0.2) is 53.5 Å². The molecule has 2 aromatic carbocycles. The van der Waals surface area contributed by atoms with Crippen molar-refractivity contribution in [3.8, 4) is 11.5 Å². The van der Waals surface area contributed by atoms with Crippen LogP contribution in [0.3, 0.4) is 0 Å². The summed E-state index contributed by atoms with van der Waals surface area (Å²) in [6.07, 6.45) is 0. The SMILES string of the molecule is C=C(c1ccc(Br)cc1)c1ccc2c(c1)OCO2. The first-order valence-corrected chi connectivity index (χ1v) is 6.38. The number of hydrogen-bond donors (Lipinski definition) is 0. The van der Waals surface area contributed by atoms with Gasteiger partial charge in [0.25, 0.3) is 0 Å². The maximum atomic E-state index is 5.37. The average molecular weight is 303 g/mol. The molecule has 2 nitrogen and oxygen atoms in total. The van der Waals surface area contributed by atoms with Gasteiger partial charge in [-0.15, -0.1) is 0 Å². The van der Waals surface area contributed by atoms with Gasteiger partial charge in [0.2, 0.25) is 6.79 Å². The molecule has 0 N–H and O–H groups in total. The molecule has 0 atom stereocenters. The average Bonchev–Trinajstić information content (AvgIpc) is 2.86. The van der Waals surface area contributed by atoms with Crippen LogP contribution in [0.1, 0.15) is 11.1 Å². The lowest BCUT2D eigenvalue weighted by Crippen LogP contribution is -1.93. The lowest BCUT2D eigenvalue weighted by atomic mass is 9.99. The summed E-state index contributed by atoms with van der Waals surface area (Å²) in [5, 5.41) is 0. The number of rotatable bonds is 2. The lowest BCUT2D eigenvalue weighted by molar-refractivity contribution is 0.174. The highest BCUT2D eigenvalue weighted by Crippen LogP contribution is 2.35. The van der Waals surface area contributed by atoms with Gasteiger partial charge in [-0.05, 0) is 41.0 Å². The number of ether oxygens (including phenoxy) is 2. The van der Waals surface area contributed by atoms with Gasteiger partial charge in [-0.1, -0.05) is 40.7 Å². The van der Waals surface area contributed by atoms with E-state index in [1.54, 1.807) is 0 Å². The summed E-state index contributed by atoms with van der Waals surface area (Å²) in [4.78, 5) is 0. The Morgan fingerprint density at radius 1 is 0.944 bits per heavy atom. The Morgan fingerprint density at radius 3 is 2.39 bits per heavy atom. The fraction of sp³-hybridized carbons (Fsp3) is 0.0667. The van der Waals surface area contributed by atoms with Crippen LogP contribution in [-0.2, 0) is 0 Å². The highest BCUT2D eigenvalue weighted by atomic mass is 79.9. The van der Waals surface area contributed by atoms with Crippen molar-refractivity contribution in [1.82, 2.24) is 0 Å². The van der Waals surface area contributed by atoms with Gasteiger partial charge >= 0.3 is 0 Å². The standard InChI is InChI=1S/C15H11BrO2/c1-10(11-2-5-13(16)6-3-11)12-4-7-14-15(8-12)18-9-17-14/h2-8H,1,9H2. The summed E-state index contributed by atoms with van der Waals surface area (Å²) in [7, 11) is 0. The molecule has 0 saturated carbocycles. The number of fused-ring (bicyclic) bond motifs is 1. The third-order valence-electron chi connectivity index (χ3n) is 2.91. The van der Waals surface area contributed by atoms with E-state index >= 15 is 0 Å². The molecule has 0 aliphatic carbocycles. The zero-order valence-corrected chi connectivity index (χ0v) is 11.2. The smallest absolute Gasteiger partial charge is 0.231 e. The summed E-state index contributed by atoms with van der Waals surface area (Å²) < 4.78 is 11.7. The minimum absolute atomic E-state index is 0.295. The Balaban J connectivity index is 1.95. The molecule has 1 aliphatic rings. The first-order chi connectivity index (χ1) is 8.74. The molecule has 3 rings (SSSR count). The Labute approximate surface area is 114 Å². The molecule has 0 spiro atoms. The van der Waals surface area contributed by atoms with Gasteiger partial charge < -0.3 is 9.47 Å². The Kier molecular flexibility index (Phi) is 2.84. The normalized spacial score (nSPS) is 12.5. The van der Waals surface area contributed by atoms with Crippen LogP contribution >= 0.6 is 15.9 Å². The summed E-state index contributed by atoms with van der Waals surface area (Å²) in [6.45, 7) is 4.43. The largest absolute Gasteiger partial charge is 0.454 e. The molecule has 0 amide bonds. The highest BCUT2D eigenvalue weighted by molar-refractivity contribution is 9.10. The lowest BCUT2D eigenvalue weighted by Gasteiger charge is -2.07. The van der Waals surface area contributed by atoms with E-state index in [9.17, 15) is 0 Å². The fourth-order valence-corrected chi connectivity index (χ4v) is 2.17. The summed E-state index contributed by atoms with van der Waals surface area (Å²) in [5.41, 5.74) is 3.11. The molecule has 0 saturated heterocycles. The third kappa shape index (κ3) is 2.02. The first-order valence-electron chi connectivity index (χ1n) is 5.59. The zero-order valence-electron chi connectivity index (χ0n) is 9.65. The second kappa shape index (κ2) is 4.50. The van der Waals surface area contributed by atoms with E-state index < -0.39 is 0 Å². The Hall–Kier alpha value is -1.74. The topological polar surface area (TPSA) is 18.5 Å². The summed E-state index contributed by atoms with van der Waals surface area (Å²) in [5.74, 6) is 1.58. The molecule has 18 heavy (non-hydrogen) atoms. The molecule has 0 aromatic heterocycles. The summed E-state index contributed by atoms with van der Waals surface area (Å²) >= 11 is 3.43. The molecule has 2 aromatic rings. The van der Waals surface area contributed by atoms with E-state index in [4.69, 9.17) is 9.47 Å². The van der Waals surface area contributed by atoms with Crippen LogP contribution in [0.2, 0.25) is 0 Å². The predicted molar refractivity (Wildman–Crippen MR) is 74.8 cm³/mol. The predicted octanol–water partition coefficient (Wildman–Crippen LogP) is 4.24. The maximum absolute atomic E-state index is 5.37. The van der Waals surface area contributed by atoms with Gasteiger partial charge in [0.1, 0.15) is 0 Å². The minimum atomic E-state index is 0.295. The van der Waals surface area contributed by atoms with Crippen LogP contribution in [0.4, 0.5) is 0 Å². The van der Waals surface area contributed by atoms with E-state index in [1.165, 1.54) is 0 Å². The molecule has 1 heterocycles. The molecule has 0 bridgehead atoms. The van der Waals surface area contributed by atoms with Crippen molar-refractivity contribution in [1.29, 1.82) is 0 Å². The maximum Gasteiger partial charge on any atom is 0.231 e. The molecule has 1 aliphatic heterocycles. The monoisotopic (exact) mass is 302 g/mol. The Bertz CT molecular complexity index is 602. The van der Waals surface area contributed by atoms with E-state index in [0.717, 1.165) is 32.7 Å². The number of benzene rings is 2. The second-order valence-electron chi connectivity index (χ2n) is 4.05. The Morgan fingerprint density at radius 2 is 1.61 bits per heavy atom. The highest BCUT2D eigenvalue weighted by Gasteiger charge is 2.14. The minimum Gasteiger partial charge on any atom is -0.454 e. The van der Waals surface area contributed by atoms with Gasteiger partial charge in [-0.3, -0.25) is 0 Å². The number of halogens is 1. The fourth-order valence-electron chi connectivity index (χ4n) is 1.90. The van der Waals surface area contributed by atoms with Gasteiger partial charge in [-0.25, -0.2) is 0 Å². The van der Waals surface area contributed by atoms with E-state index in [0.29, 0.717) is 6.79 Å². The molecule has 0 fully saturated rings. The first kappa shape index (κ1) is 11.4. The van der Waals surface area contributed by atoms with E-state index in [-0.39, 0.29) is 0 Å². The van der Waals surface area contributed by atoms with Crippen molar-refractivity contribution in [2.75, 3.05) is 6.79 Å². The van der Waals surface area contributed by atoms with Crippen LogP contribution in [-0.4, -0.2) is 6.79 Å². The third-order valence-corrected chi connectivity index (χ3v) is 3.44. The molecule has 0 unspecified atom stereocenters. The van der Waals surface area contributed by atoms with E-state index in [1.807, 2.05) is 42.5 Å². The number of hydrogen-bond acceptors (Lipinski definition) is 2. The van der Waals surface area contributed by atoms with Crippen molar-refractivity contribution in [3.05, 3.63) is 64.6 Å². The van der Waals surface area contributed by atoms with Crippen molar-refractivity contribution in [3.63, 3.8) is 0 Å². The van der Waals surface area contributed by atoms with Gasteiger partial charge in [0.05, 0.1) is 0 Å². The van der Waals surface area contributed by atoms with Gasteiger partial charge in [-0.2, -0.15) is 0 Å². The van der Waals surface area contributed by atoms with Gasteiger partial charge in [0, 0.05) is 4.47 Å². The molecular formula is C15H11BrO2. The second-order valence-corrected chi connectivity index (χ2v) is 4.97. The molecule has 90 valence electrons. The van der Waals surface area contributed by atoms with Crippen LogP contribution in [0.25, 0.3) is 5.57 Å². The van der Waals surface area contributed by atoms with Crippen molar-refractivity contribution >= 4 is 21.5 Å². The molecule has 3 heteroatoms. The quantitative estimate of drug-likeness (QED) is 0.826. The van der Waals surface area contributed by atoms with Crippen LogP contribution in [0, 0.1) is 0 Å². The van der Waals surface area contributed by atoms with Gasteiger partial charge in [0.15, 0.2) is 11.5 Å². The molecule has 0 radical (unpaired) electrons. The van der Waals surface area contributed by atoms with Crippen molar-refractivity contribution in [2.24, 2.45) is 0 Å². The van der Waals surface area contributed by atoms with Crippen LogP contribution < -0.4 is 9.47 Å².